The van der Waals surface area contributed by atoms with Crippen molar-refractivity contribution < 1.29 is 4.52 Å². The van der Waals surface area contributed by atoms with Gasteiger partial charge in [-0.3, -0.25) is 0 Å². The minimum absolute atomic E-state index is 0.494. The third kappa shape index (κ3) is 1.93. The molecule has 0 unspecified atom stereocenters. The van der Waals surface area contributed by atoms with Gasteiger partial charge >= 0.3 is 0 Å². The summed E-state index contributed by atoms with van der Waals surface area (Å²) < 4.78 is 5.54. The molecule has 4 nitrogen and oxygen atoms in total. The second-order valence-electron chi connectivity index (χ2n) is 2.88. The highest BCUT2D eigenvalue weighted by molar-refractivity contribution is 9.10. The molecule has 0 fully saturated rings. The Morgan fingerprint density at radius 3 is 3.00 bits per heavy atom. The van der Waals surface area contributed by atoms with Gasteiger partial charge in [-0.1, -0.05) is 5.16 Å². The first-order valence-corrected chi connectivity index (χ1v) is 4.84. The van der Waals surface area contributed by atoms with E-state index >= 15 is 0 Å². The molecule has 2 aromatic heterocycles. The van der Waals surface area contributed by atoms with Crippen LogP contribution in [0.1, 0.15) is 11.3 Å². The van der Waals surface area contributed by atoms with E-state index in [0.717, 1.165) is 15.7 Å². The summed E-state index contributed by atoms with van der Waals surface area (Å²) in [5.41, 5.74) is 7.49. The summed E-state index contributed by atoms with van der Waals surface area (Å²) in [5, 5.41) is 3.81. The Labute approximate surface area is 89.2 Å². The largest absolute Gasteiger partial charge is 0.383 e. The maximum absolute atomic E-state index is 5.57. The number of halogens is 1. The average molecular weight is 254 g/mol. The highest BCUT2D eigenvalue weighted by atomic mass is 79.9. The van der Waals surface area contributed by atoms with E-state index in [0.29, 0.717) is 12.2 Å². The van der Waals surface area contributed by atoms with Crippen molar-refractivity contribution in [2.24, 2.45) is 0 Å². The molecule has 0 aliphatic carbocycles. The second kappa shape index (κ2) is 3.79. The van der Waals surface area contributed by atoms with E-state index in [9.17, 15) is 0 Å². The maximum Gasteiger partial charge on any atom is 0.137 e. The Balaban J connectivity index is 2.22. The van der Waals surface area contributed by atoms with Crippen LogP contribution in [0.5, 0.6) is 0 Å². The third-order valence-corrected chi connectivity index (χ3v) is 2.44. The van der Waals surface area contributed by atoms with Gasteiger partial charge in [-0.05, 0) is 27.6 Å². The van der Waals surface area contributed by atoms with Gasteiger partial charge in [-0.2, -0.15) is 0 Å². The molecule has 0 saturated carbocycles. The number of anilines is 1. The van der Waals surface area contributed by atoms with E-state index in [2.05, 4.69) is 26.1 Å². The van der Waals surface area contributed by atoms with E-state index in [1.165, 1.54) is 0 Å². The molecule has 72 valence electrons. The fourth-order valence-electron chi connectivity index (χ4n) is 1.12. The van der Waals surface area contributed by atoms with Crippen LogP contribution in [0.2, 0.25) is 0 Å². The predicted octanol–water partition coefficient (Wildman–Crippen LogP) is 2.01. The number of nitrogens with zero attached hydrogens (tertiary/aromatic N) is 2. The zero-order valence-electron chi connectivity index (χ0n) is 7.27. The molecule has 0 atom stereocenters. The van der Waals surface area contributed by atoms with Crippen molar-refractivity contribution in [3.8, 4) is 0 Å². The average Bonchev–Trinajstić information content (AvgIpc) is 2.64. The van der Waals surface area contributed by atoms with Crippen LogP contribution in [-0.2, 0) is 6.42 Å². The van der Waals surface area contributed by atoms with Crippen LogP contribution in [0.25, 0.3) is 0 Å². The van der Waals surface area contributed by atoms with Crippen LogP contribution < -0.4 is 5.73 Å². The first-order valence-electron chi connectivity index (χ1n) is 4.05. The first kappa shape index (κ1) is 9.21. The highest BCUT2D eigenvalue weighted by Crippen LogP contribution is 2.18. The fourth-order valence-corrected chi connectivity index (χ4v) is 1.52. The van der Waals surface area contributed by atoms with E-state index < -0.39 is 0 Å². The number of rotatable bonds is 2. The second-order valence-corrected chi connectivity index (χ2v) is 3.73. The summed E-state index contributed by atoms with van der Waals surface area (Å²) in [6, 6.07) is 3.75. The molecule has 0 aliphatic heterocycles. The van der Waals surface area contributed by atoms with Crippen LogP contribution >= 0.6 is 15.9 Å². The van der Waals surface area contributed by atoms with E-state index in [4.69, 9.17) is 10.3 Å². The Morgan fingerprint density at radius 2 is 2.36 bits per heavy atom. The summed E-state index contributed by atoms with van der Waals surface area (Å²) >= 11 is 3.32. The number of pyridine rings is 1. The van der Waals surface area contributed by atoms with Crippen LogP contribution in [0, 0.1) is 0 Å². The Morgan fingerprint density at radius 1 is 1.50 bits per heavy atom. The van der Waals surface area contributed by atoms with Crippen LogP contribution in [0.15, 0.2) is 33.6 Å². The zero-order chi connectivity index (χ0) is 9.97. The topological polar surface area (TPSA) is 64.9 Å². The molecule has 2 rings (SSSR count). The molecule has 0 spiro atoms. The minimum Gasteiger partial charge on any atom is -0.383 e. The lowest BCUT2D eigenvalue weighted by Gasteiger charge is -2.00. The number of aromatic nitrogens is 2. The molecule has 14 heavy (non-hydrogen) atoms. The molecule has 2 heterocycles. The van der Waals surface area contributed by atoms with Crippen molar-refractivity contribution in [3.05, 3.63) is 40.3 Å². The van der Waals surface area contributed by atoms with Gasteiger partial charge < -0.3 is 10.3 Å². The van der Waals surface area contributed by atoms with Gasteiger partial charge in [-0.15, -0.1) is 0 Å². The number of hydrogen-bond donors (Lipinski definition) is 1. The van der Waals surface area contributed by atoms with Crippen molar-refractivity contribution in [2.75, 3.05) is 5.73 Å². The van der Waals surface area contributed by atoms with E-state index in [-0.39, 0.29) is 0 Å². The Bertz CT molecular complexity index is 428. The van der Waals surface area contributed by atoms with Crippen molar-refractivity contribution >= 4 is 21.7 Å². The maximum atomic E-state index is 5.57. The molecular weight excluding hydrogens is 246 g/mol. The molecule has 0 radical (unpaired) electrons. The van der Waals surface area contributed by atoms with Crippen molar-refractivity contribution in [2.45, 2.75) is 6.42 Å². The molecule has 0 aliphatic rings. The number of nitrogen functional groups attached to an aromatic ring is 1. The summed E-state index contributed by atoms with van der Waals surface area (Å²) in [4.78, 5) is 4.03. The molecule has 5 heteroatoms. The lowest BCUT2D eigenvalue weighted by molar-refractivity contribution is 0.413. The number of nitrogens with two attached hydrogens (primary N) is 1. The van der Waals surface area contributed by atoms with Crippen molar-refractivity contribution in [1.82, 2.24) is 10.1 Å². The van der Waals surface area contributed by atoms with Crippen LogP contribution in [0.3, 0.4) is 0 Å². The van der Waals surface area contributed by atoms with Crippen molar-refractivity contribution in [3.63, 3.8) is 0 Å². The zero-order valence-corrected chi connectivity index (χ0v) is 8.86. The Hall–Kier alpha value is -1.36. The minimum atomic E-state index is 0.494. The van der Waals surface area contributed by atoms with E-state index in [1.807, 2.05) is 12.1 Å². The highest BCUT2D eigenvalue weighted by Gasteiger charge is 2.02. The van der Waals surface area contributed by atoms with Gasteiger partial charge in [-0.25, -0.2) is 4.98 Å². The molecule has 0 amide bonds. The molecule has 2 aromatic rings. The first-order chi connectivity index (χ1) is 6.75. The normalized spacial score (nSPS) is 10.4. The van der Waals surface area contributed by atoms with E-state index in [1.54, 1.807) is 12.5 Å². The van der Waals surface area contributed by atoms with Gasteiger partial charge in [0.2, 0.25) is 0 Å². The fraction of sp³-hybridized carbons (Fsp3) is 0.111. The molecular formula is C9H8BrN3O. The quantitative estimate of drug-likeness (QED) is 0.890. The number of hydrogen-bond acceptors (Lipinski definition) is 4. The predicted molar refractivity (Wildman–Crippen MR) is 55.7 cm³/mol. The van der Waals surface area contributed by atoms with Crippen molar-refractivity contribution in [1.29, 1.82) is 0 Å². The summed E-state index contributed by atoms with van der Waals surface area (Å²) in [7, 11) is 0. The standard InChI is InChI=1S/C9H8BrN3O/c10-8-4-6(5-12-9(8)11)3-7-1-2-14-13-7/h1-2,4-5H,3H2,(H2,11,12). The summed E-state index contributed by atoms with van der Waals surface area (Å²) in [6.07, 6.45) is 3.98. The molecule has 0 saturated heterocycles. The molecule has 0 aromatic carbocycles. The van der Waals surface area contributed by atoms with Crippen LogP contribution in [0.4, 0.5) is 5.82 Å². The van der Waals surface area contributed by atoms with Gasteiger partial charge in [0, 0.05) is 18.7 Å². The monoisotopic (exact) mass is 253 g/mol. The lowest BCUT2D eigenvalue weighted by Crippen LogP contribution is -1.95. The van der Waals surface area contributed by atoms with Gasteiger partial charge in [0.1, 0.15) is 12.1 Å². The SMILES string of the molecule is Nc1ncc(Cc2ccon2)cc1Br. The molecule has 2 N–H and O–H groups in total. The third-order valence-electron chi connectivity index (χ3n) is 1.80. The van der Waals surface area contributed by atoms with Gasteiger partial charge in [0.05, 0.1) is 10.2 Å². The van der Waals surface area contributed by atoms with Gasteiger partial charge in [0.15, 0.2) is 0 Å². The van der Waals surface area contributed by atoms with Gasteiger partial charge in [0.25, 0.3) is 0 Å². The Kier molecular flexibility index (Phi) is 2.49. The summed E-state index contributed by atoms with van der Waals surface area (Å²) in [6.45, 7) is 0. The smallest absolute Gasteiger partial charge is 0.137 e. The lowest BCUT2D eigenvalue weighted by atomic mass is 10.1. The molecule has 0 bridgehead atoms. The summed E-state index contributed by atoms with van der Waals surface area (Å²) in [5.74, 6) is 0.494. The van der Waals surface area contributed by atoms with Crippen LogP contribution in [-0.4, -0.2) is 10.1 Å².